The zero-order valence-electron chi connectivity index (χ0n) is 28.6. The molecule has 2 aromatic rings. The molecule has 3 amide bonds. The fourth-order valence-electron chi connectivity index (χ4n) is 7.90. The first kappa shape index (κ1) is 37.7. The van der Waals surface area contributed by atoms with Crippen LogP contribution in [0.2, 0.25) is 5.02 Å². The van der Waals surface area contributed by atoms with E-state index in [1.54, 1.807) is 31.2 Å². The first-order valence-corrected chi connectivity index (χ1v) is 18.3. The number of halogens is 2. The van der Waals surface area contributed by atoms with Crippen LogP contribution in [0.5, 0.6) is 0 Å². The number of hydrogen-bond acceptors (Lipinski definition) is 7. The number of allylic oxidation sites excluding steroid dienone is 1. The highest BCUT2D eigenvalue weighted by Gasteiger charge is 2.77. The smallest absolute Gasteiger partial charge is 0.313 e. The van der Waals surface area contributed by atoms with Crippen LogP contribution in [-0.2, 0) is 28.7 Å². The van der Waals surface area contributed by atoms with E-state index < -0.39 is 72.2 Å². The average Bonchev–Trinajstić information content (AvgIpc) is 3.69. The van der Waals surface area contributed by atoms with Crippen molar-refractivity contribution in [2.75, 3.05) is 18.1 Å². The van der Waals surface area contributed by atoms with E-state index in [2.05, 4.69) is 34.4 Å². The van der Waals surface area contributed by atoms with Crippen molar-refractivity contribution in [2.24, 2.45) is 11.8 Å². The van der Waals surface area contributed by atoms with Crippen molar-refractivity contribution in [1.29, 1.82) is 0 Å². The predicted molar refractivity (Wildman–Crippen MR) is 195 cm³/mol. The Hall–Kier alpha value is -3.51. The number of aryl methyl sites for hydroxylation is 1. The van der Waals surface area contributed by atoms with Gasteiger partial charge in [0.2, 0.25) is 11.8 Å². The molecule has 0 saturated carbocycles. The Kier molecular flexibility index (Phi) is 11.9. The molecule has 12 heteroatoms. The van der Waals surface area contributed by atoms with E-state index in [0.29, 0.717) is 29.1 Å². The lowest BCUT2D eigenvalue weighted by atomic mass is 9.70. The molecular formula is C38H45BrClN3O7. The van der Waals surface area contributed by atoms with Crippen LogP contribution in [0.15, 0.2) is 73.8 Å². The van der Waals surface area contributed by atoms with Gasteiger partial charge in [0.15, 0.2) is 0 Å². The molecule has 5 rings (SSSR count). The van der Waals surface area contributed by atoms with Gasteiger partial charge in [0, 0.05) is 17.8 Å². The van der Waals surface area contributed by atoms with Crippen LogP contribution in [0.25, 0.3) is 0 Å². The number of amides is 3. The van der Waals surface area contributed by atoms with Gasteiger partial charge in [-0.2, -0.15) is 0 Å². The van der Waals surface area contributed by atoms with E-state index >= 15 is 0 Å². The lowest BCUT2D eigenvalue weighted by Crippen LogP contribution is -2.59. The van der Waals surface area contributed by atoms with Gasteiger partial charge in [0.05, 0.1) is 47.3 Å². The molecule has 3 saturated heterocycles. The summed E-state index contributed by atoms with van der Waals surface area (Å²) in [4.78, 5) is 59.3. The number of likely N-dealkylation sites (tertiary alicyclic amines) is 1. The molecule has 3 fully saturated rings. The van der Waals surface area contributed by atoms with Crippen LogP contribution in [-0.4, -0.2) is 81.5 Å². The first-order chi connectivity index (χ1) is 23.9. The number of hydrogen-bond donors (Lipinski definition) is 2. The van der Waals surface area contributed by atoms with Crippen molar-refractivity contribution < 1.29 is 33.8 Å². The number of carbonyl (C=O) groups is 4. The van der Waals surface area contributed by atoms with Crippen molar-refractivity contribution in [3.63, 3.8) is 0 Å². The molecule has 3 aliphatic rings. The zero-order chi connectivity index (χ0) is 36.3. The van der Waals surface area contributed by atoms with E-state index in [4.69, 9.17) is 21.1 Å². The molecule has 0 radical (unpaired) electrons. The van der Waals surface area contributed by atoms with E-state index in [1.165, 1.54) is 9.80 Å². The number of aliphatic hydroxyl groups is 1. The van der Waals surface area contributed by atoms with Gasteiger partial charge in [-0.15, -0.1) is 13.2 Å². The summed E-state index contributed by atoms with van der Waals surface area (Å²) in [6.45, 7) is 12.7. The molecule has 2 aromatic carbocycles. The Morgan fingerprint density at radius 2 is 1.92 bits per heavy atom. The monoisotopic (exact) mass is 769 g/mol. The number of carbonyl (C=O) groups excluding carboxylic acids is 4. The summed E-state index contributed by atoms with van der Waals surface area (Å²) in [5, 5.41) is 13.8. The van der Waals surface area contributed by atoms with Crippen molar-refractivity contribution >= 4 is 56.9 Å². The van der Waals surface area contributed by atoms with Gasteiger partial charge >= 0.3 is 5.97 Å². The summed E-state index contributed by atoms with van der Waals surface area (Å²) in [5.74, 6) is -3.92. The molecule has 50 heavy (non-hydrogen) atoms. The first-order valence-electron chi connectivity index (χ1n) is 17.0. The van der Waals surface area contributed by atoms with Gasteiger partial charge in [-0.1, -0.05) is 89.1 Å². The minimum atomic E-state index is -1.40. The number of benzene rings is 2. The molecule has 1 spiro atoms. The van der Waals surface area contributed by atoms with Crippen molar-refractivity contribution in [3.8, 4) is 0 Å². The topological polar surface area (TPSA) is 125 Å². The highest BCUT2D eigenvalue weighted by Crippen LogP contribution is 2.61. The number of nitrogens with zero attached hydrogens (tertiary/aromatic N) is 2. The lowest BCUT2D eigenvalue weighted by molar-refractivity contribution is -0.162. The third kappa shape index (κ3) is 6.77. The van der Waals surface area contributed by atoms with Crippen molar-refractivity contribution in [1.82, 2.24) is 10.2 Å². The molecule has 268 valence electrons. The van der Waals surface area contributed by atoms with E-state index in [1.807, 2.05) is 50.2 Å². The van der Waals surface area contributed by atoms with Crippen molar-refractivity contribution in [3.05, 3.63) is 90.0 Å². The number of rotatable bonds is 15. The van der Waals surface area contributed by atoms with Crippen LogP contribution in [0, 0.1) is 18.8 Å². The molecule has 10 nitrogen and oxygen atoms in total. The molecule has 9 atom stereocenters. The quantitative estimate of drug-likeness (QED) is 0.140. The van der Waals surface area contributed by atoms with Crippen LogP contribution in [0.4, 0.5) is 5.69 Å². The largest absolute Gasteiger partial charge is 0.455 e. The Labute approximate surface area is 306 Å². The summed E-state index contributed by atoms with van der Waals surface area (Å²) >= 11 is 10.4. The normalized spacial score (nSPS) is 26.9. The maximum atomic E-state index is 15.0. The fourth-order valence-corrected chi connectivity index (χ4v) is 9.16. The molecule has 0 aliphatic carbocycles. The number of anilines is 1. The van der Waals surface area contributed by atoms with Gasteiger partial charge < -0.3 is 29.7 Å². The number of para-hydroxylation sites is 1. The van der Waals surface area contributed by atoms with Crippen LogP contribution >= 0.6 is 27.5 Å². The summed E-state index contributed by atoms with van der Waals surface area (Å²) in [6.07, 6.45) is 2.96. The number of ether oxygens (including phenoxy) is 2. The minimum Gasteiger partial charge on any atom is -0.455 e. The predicted octanol–water partition coefficient (Wildman–Crippen LogP) is 5.44. The zero-order valence-corrected chi connectivity index (χ0v) is 30.9. The van der Waals surface area contributed by atoms with Gasteiger partial charge in [0.1, 0.15) is 17.7 Å². The lowest BCUT2D eigenvalue weighted by Gasteiger charge is -2.39. The third-order valence-electron chi connectivity index (χ3n) is 10.1. The summed E-state index contributed by atoms with van der Waals surface area (Å²) < 4.78 is 13.0. The molecule has 2 N–H and O–H groups in total. The molecular weight excluding hydrogens is 726 g/mol. The maximum absolute atomic E-state index is 15.0. The second-order valence-electron chi connectivity index (χ2n) is 13.2. The van der Waals surface area contributed by atoms with Crippen LogP contribution in [0.3, 0.4) is 0 Å². The van der Waals surface area contributed by atoms with E-state index in [0.717, 1.165) is 5.56 Å². The molecule has 2 bridgehead atoms. The molecule has 3 aliphatic heterocycles. The Morgan fingerprint density at radius 1 is 1.20 bits per heavy atom. The van der Waals surface area contributed by atoms with E-state index in [-0.39, 0.29) is 30.1 Å². The fraction of sp³-hybridized carbons (Fsp3) is 0.474. The Balaban J connectivity index is 1.55. The number of alkyl halides is 1. The minimum absolute atomic E-state index is 0.0976. The third-order valence-corrected chi connectivity index (χ3v) is 11.3. The number of aliphatic hydroxyl groups excluding tert-OH is 1. The summed E-state index contributed by atoms with van der Waals surface area (Å²) in [7, 11) is 0. The summed E-state index contributed by atoms with van der Waals surface area (Å²) in [5.41, 5.74) is 0.499. The molecule has 3 heterocycles. The number of nitrogens with one attached hydrogen (secondary N) is 1. The molecule has 1 unspecified atom stereocenters. The highest BCUT2D eigenvalue weighted by atomic mass is 79.9. The van der Waals surface area contributed by atoms with Crippen LogP contribution in [0.1, 0.15) is 56.8 Å². The maximum Gasteiger partial charge on any atom is 0.313 e. The Bertz CT molecular complexity index is 1600. The second-order valence-corrected chi connectivity index (χ2v) is 14.8. The van der Waals surface area contributed by atoms with Gasteiger partial charge in [-0.25, -0.2) is 0 Å². The van der Waals surface area contributed by atoms with Gasteiger partial charge in [-0.3, -0.25) is 19.2 Å². The standard InChI is InChI=1S/C38H45BrClN3O7/c1-6-9-18-28(45)41-23(5)32(24-15-11-10-12-16-24)49-37(48)29-30-35(46)43(25(8-3)21-44)34(38(30)20-26(39)33(29)50-38)36(47)42(19-7-2)31-22(4)14-13-17-27(31)40/h6-7,10-17,23,25-26,29-30,32-34,44H,1-2,8-9,18-21H2,3-5H3,(H,41,45)/t23-,25+,26?,29-,30+,32-,33-,34-,38+/m1/s1. The number of fused-ring (bicyclic) bond motifs is 1. The van der Waals surface area contributed by atoms with Gasteiger partial charge in [-0.05, 0) is 50.3 Å². The van der Waals surface area contributed by atoms with Gasteiger partial charge in [0.25, 0.3) is 5.91 Å². The highest BCUT2D eigenvalue weighted by molar-refractivity contribution is 9.09. The number of esters is 1. The average molecular weight is 771 g/mol. The van der Waals surface area contributed by atoms with Crippen molar-refractivity contribution in [2.45, 2.75) is 87.2 Å². The van der Waals surface area contributed by atoms with Crippen LogP contribution < -0.4 is 10.2 Å². The van der Waals surface area contributed by atoms with E-state index in [9.17, 15) is 24.3 Å². The molecule has 0 aromatic heterocycles. The second kappa shape index (κ2) is 15.8. The SMILES string of the molecule is C=CCCC(=O)N[C@H](C)[C@@H](OC(=O)[C@H]1[C@@H]2O[C@@]3(CC2Br)[C@@H]1C(=O)N([C@@H](CC)CO)[C@@H]3C(=O)N(CC=C)c1c(C)cccc1Cl)c1ccccc1. The Morgan fingerprint density at radius 3 is 2.54 bits per heavy atom. The summed E-state index contributed by atoms with van der Waals surface area (Å²) in [6, 6.07) is 11.9.